The molecule has 1 aromatic carbocycles. The van der Waals surface area contributed by atoms with Crippen LogP contribution in [0.4, 0.5) is 0 Å². The minimum atomic E-state index is 0.174. The van der Waals surface area contributed by atoms with Crippen LogP contribution >= 0.6 is 11.6 Å². The predicted octanol–water partition coefficient (Wildman–Crippen LogP) is 4.75. The average Bonchev–Trinajstić information content (AvgIpc) is 2.45. The summed E-state index contributed by atoms with van der Waals surface area (Å²) in [5.74, 6) is 2.60. The Labute approximate surface area is 130 Å². The summed E-state index contributed by atoms with van der Waals surface area (Å²) in [5.41, 5.74) is 0.715. The highest BCUT2D eigenvalue weighted by molar-refractivity contribution is 6.30. The van der Waals surface area contributed by atoms with Crippen LogP contribution in [0.15, 0.2) is 24.3 Å². The fourth-order valence-corrected chi connectivity index (χ4v) is 1.92. The predicted molar refractivity (Wildman–Crippen MR) is 83.6 cm³/mol. The van der Waals surface area contributed by atoms with Gasteiger partial charge in [-0.2, -0.15) is 4.98 Å². The van der Waals surface area contributed by atoms with E-state index in [0.717, 1.165) is 0 Å². The Hall–Kier alpha value is -1.81. The fourth-order valence-electron chi connectivity index (χ4n) is 1.76. The summed E-state index contributed by atoms with van der Waals surface area (Å²) in [6.45, 7) is 8.37. The molecule has 21 heavy (non-hydrogen) atoms. The standard InChI is InChI=1S/C16H19ClN2O2/c1-5-20-12-8-6-7-9-13(12)21-16-11(4)14(17)18-15(19-16)10(2)3/h6-10H,5H2,1-4H3. The van der Waals surface area contributed by atoms with E-state index in [-0.39, 0.29) is 5.92 Å². The van der Waals surface area contributed by atoms with Gasteiger partial charge in [0.2, 0.25) is 5.88 Å². The maximum atomic E-state index is 6.17. The number of rotatable bonds is 5. The Kier molecular flexibility index (Phi) is 5.02. The monoisotopic (exact) mass is 306 g/mol. The van der Waals surface area contributed by atoms with E-state index in [0.29, 0.717) is 40.5 Å². The minimum Gasteiger partial charge on any atom is -0.490 e. The molecule has 0 amide bonds. The van der Waals surface area contributed by atoms with Crippen molar-refractivity contribution in [3.63, 3.8) is 0 Å². The quantitative estimate of drug-likeness (QED) is 0.748. The third kappa shape index (κ3) is 3.64. The van der Waals surface area contributed by atoms with Gasteiger partial charge >= 0.3 is 0 Å². The van der Waals surface area contributed by atoms with Gasteiger partial charge in [0, 0.05) is 11.5 Å². The number of benzene rings is 1. The van der Waals surface area contributed by atoms with Crippen LogP contribution in [-0.2, 0) is 0 Å². The molecule has 0 atom stereocenters. The van der Waals surface area contributed by atoms with Crippen LogP contribution in [0.2, 0.25) is 5.15 Å². The molecule has 0 unspecified atom stereocenters. The van der Waals surface area contributed by atoms with Gasteiger partial charge in [-0.25, -0.2) is 4.98 Å². The zero-order valence-corrected chi connectivity index (χ0v) is 13.4. The van der Waals surface area contributed by atoms with Crippen molar-refractivity contribution >= 4 is 11.6 Å². The molecular formula is C16H19ClN2O2. The molecular weight excluding hydrogens is 288 g/mol. The summed E-state index contributed by atoms with van der Waals surface area (Å²) in [4.78, 5) is 8.73. The van der Waals surface area contributed by atoms with Crippen molar-refractivity contribution in [2.24, 2.45) is 0 Å². The second kappa shape index (κ2) is 6.76. The summed E-state index contributed by atoms with van der Waals surface area (Å²) in [7, 11) is 0. The number of hydrogen-bond acceptors (Lipinski definition) is 4. The molecule has 2 aromatic rings. The summed E-state index contributed by atoms with van der Waals surface area (Å²) >= 11 is 6.17. The lowest BCUT2D eigenvalue weighted by atomic mass is 10.2. The van der Waals surface area contributed by atoms with Crippen molar-refractivity contribution in [3.8, 4) is 17.4 Å². The largest absolute Gasteiger partial charge is 0.490 e. The second-order valence-electron chi connectivity index (χ2n) is 4.94. The molecule has 0 aliphatic rings. The number of aromatic nitrogens is 2. The molecule has 1 aromatic heterocycles. The lowest BCUT2D eigenvalue weighted by molar-refractivity contribution is 0.318. The SMILES string of the molecule is CCOc1ccccc1Oc1nc(C(C)C)nc(Cl)c1C. The maximum absolute atomic E-state index is 6.17. The molecule has 0 aliphatic carbocycles. The Morgan fingerprint density at radius 1 is 1.14 bits per heavy atom. The topological polar surface area (TPSA) is 44.2 Å². The van der Waals surface area contributed by atoms with Gasteiger partial charge in [-0.05, 0) is 26.0 Å². The van der Waals surface area contributed by atoms with E-state index in [1.807, 2.05) is 52.0 Å². The van der Waals surface area contributed by atoms with E-state index in [9.17, 15) is 0 Å². The number of nitrogens with zero attached hydrogens (tertiary/aromatic N) is 2. The van der Waals surface area contributed by atoms with E-state index >= 15 is 0 Å². The van der Waals surface area contributed by atoms with E-state index in [2.05, 4.69) is 9.97 Å². The van der Waals surface area contributed by atoms with Crippen LogP contribution < -0.4 is 9.47 Å². The van der Waals surface area contributed by atoms with E-state index < -0.39 is 0 Å². The molecule has 4 nitrogen and oxygen atoms in total. The third-order valence-electron chi connectivity index (χ3n) is 2.93. The van der Waals surface area contributed by atoms with Crippen molar-refractivity contribution in [3.05, 3.63) is 40.8 Å². The van der Waals surface area contributed by atoms with Crippen molar-refractivity contribution < 1.29 is 9.47 Å². The summed E-state index contributed by atoms with van der Waals surface area (Å²) in [6, 6.07) is 7.49. The summed E-state index contributed by atoms with van der Waals surface area (Å²) < 4.78 is 11.5. The van der Waals surface area contributed by atoms with Gasteiger partial charge < -0.3 is 9.47 Å². The van der Waals surface area contributed by atoms with Crippen molar-refractivity contribution in [2.75, 3.05) is 6.61 Å². The van der Waals surface area contributed by atoms with Gasteiger partial charge in [-0.15, -0.1) is 0 Å². The van der Waals surface area contributed by atoms with Crippen LogP contribution in [-0.4, -0.2) is 16.6 Å². The highest BCUT2D eigenvalue weighted by atomic mass is 35.5. The molecule has 0 saturated carbocycles. The second-order valence-corrected chi connectivity index (χ2v) is 5.30. The number of hydrogen-bond donors (Lipinski definition) is 0. The normalized spacial score (nSPS) is 10.8. The first-order valence-corrected chi connectivity index (χ1v) is 7.34. The first-order valence-electron chi connectivity index (χ1n) is 6.96. The Bertz CT molecular complexity index is 630. The minimum absolute atomic E-state index is 0.174. The van der Waals surface area contributed by atoms with Gasteiger partial charge in [-0.3, -0.25) is 0 Å². The van der Waals surface area contributed by atoms with E-state index in [4.69, 9.17) is 21.1 Å². The fraction of sp³-hybridized carbons (Fsp3) is 0.375. The zero-order chi connectivity index (χ0) is 15.4. The van der Waals surface area contributed by atoms with Crippen LogP contribution in [0.25, 0.3) is 0 Å². The smallest absolute Gasteiger partial charge is 0.227 e. The molecule has 0 saturated heterocycles. The van der Waals surface area contributed by atoms with E-state index in [1.165, 1.54) is 0 Å². The van der Waals surface area contributed by atoms with Crippen molar-refractivity contribution in [1.82, 2.24) is 9.97 Å². The highest BCUT2D eigenvalue weighted by Gasteiger charge is 2.15. The third-order valence-corrected chi connectivity index (χ3v) is 3.30. The van der Waals surface area contributed by atoms with Gasteiger partial charge in [0.05, 0.1) is 6.61 Å². The summed E-state index contributed by atoms with van der Waals surface area (Å²) in [6.07, 6.45) is 0. The van der Waals surface area contributed by atoms with Gasteiger partial charge in [0.25, 0.3) is 0 Å². The Balaban J connectivity index is 2.39. The molecule has 2 rings (SSSR count). The zero-order valence-electron chi connectivity index (χ0n) is 12.7. The van der Waals surface area contributed by atoms with Gasteiger partial charge in [-0.1, -0.05) is 37.6 Å². The lowest BCUT2D eigenvalue weighted by Gasteiger charge is -2.14. The number of para-hydroxylation sites is 2. The molecule has 0 radical (unpaired) electrons. The average molecular weight is 307 g/mol. The summed E-state index contributed by atoms with van der Waals surface area (Å²) in [5, 5.41) is 0.414. The van der Waals surface area contributed by atoms with Crippen LogP contribution in [0.5, 0.6) is 17.4 Å². The van der Waals surface area contributed by atoms with Crippen molar-refractivity contribution in [2.45, 2.75) is 33.6 Å². The van der Waals surface area contributed by atoms with Crippen LogP contribution in [0.1, 0.15) is 38.1 Å². The molecule has 1 heterocycles. The molecule has 5 heteroatoms. The maximum Gasteiger partial charge on any atom is 0.227 e. The number of halogens is 1. The lowest BCUT2D eigenvalue weighted by Crippen LogP contribution is -2.03. The molecule has 0 spiro atoms. The molecule has 0 bridgehead atoms. The highest BCUT2D eigenvalue weighted by Crippen LogP contribution is 2.33. The van der Waals surface area contributed by atoms with Gasteiger partial charge in [0.15, 0.2) is 11.5 Å². The van der Waals surface area contributed by atoms with Crippen LogP contribution in [0.3, 0.4) is 0 Å². The Morgan fingerprint density at radius 2 is 1.81 bits per heavy atom. The molecule has 0 N–H and O–H groups in total. The first-order chi connectivity index (χ1) is 10.0. The van der Waals surface area contributed by atoms with E-state index in [1.54, 1.807) is 0 Å². The first kappa shape index (κ1) is 15.6. The molecule has 112 valence electrons. The molecule has 0 aliphatic heterocycles. The van der Waals surface area contributed by atoms with Crippen molar-refractivity contribution in [1.29, 1.82) is 0 Å². The number of ether oxygens (including phenoxy) is 2. The van der Waals surface area contributed by atoms with Crippen LogP contribution in [0, 0.1) is 6.92 Å². The van der Waals surface area contributed by atoms with Gasteiger partial charge in [0.1, 0.15) is 11.0 Å². The molecule has 0 fully saturated rings. The Morgan fingerprint density at radius 3 is 2.43 bits per heavy atom.